The zero-order valence-electron chi connectivity index (χ0n) is 13.7. The first-order valence-electron chi connectivity index (χ1n) is 8.50. The van der Waals surface area contributed by atoms with Crippen LogP contribution in [0.1, 0.15) is 44.7 Å². The molecule has 4 aliphatic rings. The summed E-state index contributed by atoms with van der Waals surface area (Å²) in [6.07, 6.45) is 3.05. The van der Waals surface area contributed by atoms with Gasteiger partial charge < -0.3 is 10.1 Å². The van der Waals surface area contributed by atoms with E-state index in [0.29, 0.717) is 12.6 Å². The molecular formula is C19H25NO2. The van der Waals surface area contributed by atoms with Crippen LogP contribution >= 0.6 is 0 Å². The van der Waals surface area contributed by atoms with Gasteiger partial charge in [-0.3, -0.25) is 4.79 Å². The smallest absolute Gasteiger partial charge is 0.310 e. The van der Waals surface area contributed by atoms with E-state index in [-0.39, 0.29) is 28.8 Å². The van der Waals surface area contributed by atoms with Gasteiger partial charge >= 0.3 is 5.97 Å². The molecule has 0 amide bonds. The molecule has 5 atom stereocenters. The van der Waals surface area contributed by atoms with Gasteiger partial charge in [-0.2, -0.15) is 0 Å². The van der Waals surface area contributed by atoms with Crippen LogP contribution in [0.3, 0.4) is 0 Å². The Hall–Kier alpha value is -1.35. The maximum Gasteiger partial charge on any atom is 0.310 e. The lowest BCUT2D eigenvalue weighted by Gasteiger charge is -2.66. The van der Waals surface area contributed by atoms with Crippen molar-refractivity contribution in [2.24, 2.45) is 11.3 Å². The Kier molecular flexibility index (Phi) is 2.96. The molecule has 1 aromatic carbocycles. The number of carbonyl (C=O) groups excluding carboxylic acids is 1. The van der Waals surface area contributed by atoms with Crippen molar-refractivity contribution in [3.63, 3.8) is 0 Å². The molecule has 0 radical (unpaired) electrons. The van der Waals surface area contributed by atoms with Crippen molar-refractivity contribution in [2.45, 2.75) is 57.5 Å². The van der Waals surface area contributed by atoms with Gasteiger partial charge in [-0.1, -0.05) is 38.1 Å². The Morgan fingerprint density at radius 1 is 1.32 bits per heavy atom. The van der Waals surface area contributed by atoms with E-state index >= 15 is 0 Å². The summed E-state index contributed by atoms with van der Waals surface area (Å²) >= 11 is 0. The Morgan fingerprint density at radius 2 is 2.09 bits per heavy atom. The molecule has 1 N–H and O–H groups in total. The zero-order chi connectivity index (χ0) is 15.5. The minimum absolute atomic E-state index is 0.0133. The third-order valence-electron chi connectivity index (χ3n) is 6.83. The van der Waals surface area contributed by atoms with Gasteiger partial charge in [-0.05, 0) is 42.7 Å². The monoisotopic (exact) mass is 299 g/mol. The molecule has 3 fully saturated rings. The topological polar surface area (TPSA) is 38.3 Å². The summed E-state index contributed by atoms with van der Waals surface area (Å²) in [5.74, 6) is 0.000112. The molecule has 0 spiro atoms. The Morgan fingerprint density at radius 3 is 2.86 bits per heavy atom. The average molecular weight is 299 g/mol. The van der Waals surface area contributed by atoms with Crippen molar-refractivity contribution in [3.05, 3.63) is 35.4 Å². The molecule has 2 aliphatic carbocycles. The van der Waals surface area contributed by atoms with Crippen molar-refractivity contribution in [2.75, 3.05) is 6.61 Å². The Balaban J connectivity index is 1.76. The maximum absolute atomic E-state index is 12.3. The number of hydrogen-bond donors (Lipinski definition) is 1. The highest BCUT2D eigenvalue weighted by Gasteiger charge is 2.64. The molecule has 2 aliphatic heterocycles. The van der Waals surface area contributed by atoms with E-state index < -0.39 is 0 Å². The largest absolute Gasteiger partial charge is 0.466 e. The highest BCUT2D eigenvalue weighted by Crippen LogP contribution is 2.62. The summed E-state index contributed by atoms with van der Waals surface area (Å²) in [6.45, 7) is 7.15. The van der Waals surface area contributed by atoms with E-state index in [9.17, 15) is 4.79 Å². The molecular weight excluding hydrogens is 274 g/mol. The summed E-state index contributed by atoms with van der Waals surface area (Å²) in [6, 6.07) is 9.60. The predicted molar refractivity (Wildman–Crippen MR) is 85.7 cm³/mol. The number of hydrogen-bond acceptors (Lipinski definition) is 3. The molecule has 22 heavy (non-hydrogen) atoms. The normalized spacial score (nSPS) is 41.9. The van der Waals surface area contributed by atoms with Crippen LogP contribution in [0.5, 0.6) is 0 Å². The lowest BCUT2D eigenvalue weighted by atomic mass is 9.43. The third-order valence-corrected chi connectivity index (χ3v) is 6.83. The van der Waals surface area contributed by atoms with E-state index in [1.807, 2.05) is 6.92 Å². The number of ether oxygens (including phenoxy) is 1. The minimum atomic E-state index is -0.0133. The van der Waals surface area contributed by atoms with Gasteiger partial charge in [0.05, 0.1) is 12.5 Å². The second kappa shape index (κ2) is 4.58. The number of fused-ring (bicyclic) bond motifs is 2. The Bertz CT molecular complexity index is 628. The second-order valence-corrected chi connectivity index (χ2v) is 7.70. The number of piperidine rings is 2. The standard InChI is InChI=1S/C19H25NO2/c1-4-22-17(21)13-10-19(3)16-9-12-7-5-6-8-14(12)18(19,2)11-15(13)20-16/h5-8,13,15-16,20H,4,9-11H2,1-3H3/t13?,15?,16?,18-,19+/m0/s1. The fourth-order valence-electron chi connectivity index (χ4n) is 5.44. The van der Waals surface area contributed by atoms with E-state index in [2.05, 4.69) is 43.4 Å². The second-order valence-electron chi connectivity index (χ2n) is 7.70. The maximum atomic E-state index is 12.3. The number of rotatable bonds is 2. The first-order valence-corrected chi connectivity index (χ1v) is 8.50. The van der Waals surface area contributed by atoms with Crippen LogP contribution in [0.4, 0.5) is 0 Å². The van der Waals surface area contributed by atoms with Crippen molar-refractivity contribution < 1.29 is 9.53 Å². The van der Waals surface area contributed by atoms with Crippen LogP contribution in [0.15, 0.2) is 24.3 Å². The molecule has 4 bridgehead atoms. The summed E-state index contributed by atoms with van der Waals surface area (Å²) in [7, 11) is 0. The van der Waals surface area contributed by atoms with Crippen LogP contribution < -0.4 is 5.32 Å². The van der Waals surface area contributed by atoms with E-state index in [4.69, 9.17) is 4.74 Å². The van der Waals surface area contributed by atoms with Gasteiger partial charge in [0.1, 0.15) is 0 Å². The fraction of sp³-hybridized carbons (Fsp3) is 0.632. The lowest BCUT2D eigenvalue weighted by Crippen LogP contribution is -2.73. The predicted octanol–water partition coefficient (Wildman–Crippen LogP) is 2.82. The summed E-state index contributed by atoms with van der Waals surface area (Å²) in [5.41, 5.74) is 3.26. The average Bonchev–Trinajstić information content (AvgIpc) is 2.48. The quantitative estimate of drug-likeness (QED) is 0.853. The molecule has 3 heteroatoms. The highest BCUT2D eigenvalue weighted by molar-refractivity contribution is 5.74. The van der Waals surface area contributed by atoms with Gasteiger partial charge in [-0.15, -0.1) is 0 Å². The molecule has 118 valence electrons. The molecule has 3 unspecified atom stereocenters. The van der Waals surface area contributed by atoms with Gasteiger partial charge in [0.2, 0.25) is 0 Å². The van der Waals surface area contributed by atoms with Crippen molar-refractivity contribution in [1.82, 2.24) is 5.32 Å². The van der Waals surface area contributed by atoms with Crippen molar-refractivity contribution >= 4 is 5.97 Å². The van der Waals surface area contributed by atoms with Crippen LogP contribution in [0, 0.1) is 11.3 Å². The SMILES string of the molecule is CCOC(=O)C1C[C@]2(C)C3Cc4ccccc4[C@]2(C)CC1N3. The first-order chi connectivity index (χ1) is 10.5. The van der Waals surface area contributed by atoms with Crippen LogP contribution in [-0.2, 0) is 21.4 Å². The van der Waals surface area contributed by atoms with Crippen molar-refractivity contribution in [1.29, 1.82) is 0 Å². The van der Waals surface area contributed by atoms with Crippen LogP contribution in [0.2, 0.25) is 0 Å². The van der Waals surface area contributed by atoms with Crippen LogP contribution in [0.25, 0.3) is 0 Å². The van der Waals surface area contributed by atoms with Gasteiger partial charge in [0.25, 0.3) is 0 Å². The summed E-state index contributed by atoms with van der Waals surface area (Å²) < 4.78 is 5.32. The molecule has 2 saturated heterocycles. The van der Waals surface area contributed by atoms with E-state index in [1.54, 1.807) is 0 Å². The molecule has 2 heterocycles. The third kappa shape index (κ3) is 1.63. The number of esters is 1. The molecule has 1 aromatic rings. The molecule has 1 saturated carbocycles. The first kappa shape index (κ1) is 14.3. The molecule has 0 aromatic heterocycles. The Labute approximate surface area is 132 Å². The van der Waals surface area contributed by atoms with Crippen LogP contribution in [-0.4, -0.2) is 24.7 Å². The van der Waals surface area contributed by atoms with Crippen molar-refractivity contribution in [3.8, 4) is 0 Å². The fourth-order valence-corrected chi connectivity index (χ4v) is 5.44. The number of benzene rings is 1. The molecule has 3 nitrogen and oxygen atoms in total. The lowest BCUT2D eigenvalue weighted by molar-refractivity contribution is -0.160. The molecule has 5 rings (SSSR count). The van der Waals surface area contributed by atoms with Gasteiger partial charge in [0, 0.05) is 17.5 Å². The number of nitrogens with one attached hydrogen (secondary N) is 1. The van der Waals surface area contributed by atoms with Gasteiger partial charge in [0.15, 0.2) is 0 Å². The summed E-state index contributed by atoms with van der Waals surface area (Å²) in [5, 5.41) is 3.78. The summed E-state index contributed by atoms with van der Waals surface area (Å²) in [4.78, 5) is 12.3. The highest BCUT2D eigenvalue weighted by atomic mass is 16.5. The van der Waals surface area contributed by atoms with E-state index in [0.717, 1.165) is 19.3 Å². The number of carbonyl (C=O) groups is 1. The minimum Gasteiger partial charge on any atom is -0.466 e. The zero-order valence-corrected chi connectivity index (χ0v) is 13.7. The van der Waals surface area contributed by atoms with Gasteiger partial charge in [-0.25, -0.2) is 0 Å². The van der Waals surface area contributed by atoms with E-state index in [1.165, 1.54) is 11.1 Å².